The highest BCUT2D eigenvalue weighted by atomic mass is 19.4. The Morgan fingerprint density at radius 2 is 1.67 bits per heavy atom. The lowest BCUT2D eigenvalue weighted by atomic mass is 10.0. The van der Waals surface area contributed by atoms with E-state index in [9.17, 15) is 27.6 Å². The molecule has 252 valence electrons. The largest absolute Gasteiger partial charge is 0.491 e. The van der Waals surface area contributed by atoms with Crippen molar-refractivity contribution in [2.45, 2.75) is 37.9 Å². The zero-order chi connectivity index (χ0) is 34.1. The van der Waals surface area contributed by atoms with E-state index in [1.165, 1.54) is 0 Å². The van der Waals surface area contributed by atoms with Crippen molar-refractivity contribution in [3.05, 3.63) is 89.9 Å². The van der Waals surface area contributed by atoms with Crippen LogP contribution in [-0.4, -0.2) is 87.4 Å². The van der Waals surface area contributed by atoms with Gasteiger partial charge in [0.1, 0.15) is 6.04 Å². The third kappa shape index (κ3) is 6.55. The molecule has 1 amide bonds. The van der Waals surface area contributed by atoms with E-state index < -0.39 is 30.1 Å². The van der Waals surface area contributed by atoms with Gasteiger partial charge in [-0.1, -0.05) is 36.4 Å². The Kier molecular flexibility index (Phi) is 8.71. The molecule has 2 aliphatic rings. The maximum Gasteiger partial charge on any atom is 0.491 e. The number of fused-ring (bicyclic) bond motifs is 2. The molecule has 3 aromatic heterocycles. The number of aryl methyl sites for hydroxylation is 2. The van der Waals surface area contributed by atoms with Crippen LogP contribution in [0, 0.1) is 0 Å². The first-order chi connectivity index (χ1) is 23.7. The van der Waals surface area contributed by atoms with Gasteiger partial charge in [0, 0.05) is 41.8 Å². The van der Waals surface area contributed by atoms with E-state index in [0.717, 1.165) is 44.1 Å². The van der Waals surface area contributed by atoms with Gasteiger partial charge >= 0.3 is 18.1 Å². The van der Waals surface area contributed by atoms with Crippen LogP contribution in [0.1, 0.15) is 34.6 Å². The van der Waals surface area contributed by atoms with Crippen LogP contribution >= 0.6 is 0 Å². The van der Waals surface area contributed by atoms with E-state index >= 15 is 0 Å². The fraction of sp³-hybridized carbons (Fsp3) is 0.314. The summed E-state index contributed by atoms with van der Waals surface area (Å²) < 4.78 is 49.4. The standard InChI is InChI=1S/C35H31F3N6O5/c36-35(37,38)34(47)49-33(46)29-6-3-17-43(29)32(45)24-9-7-23(8-10-24)30-27(14-13-25-12-11-22-4-1-2-5-26(22)40-25)41-31-28(15-16-39-44(30)31)42-18-20-48-21-19-42/h1-2,4-5,7-12,15-16,29H,3,6,13-14,17-21H2/t29-/m0/s1. The lowest BCUT2D eigenvalue weighted by Crippen LogP contribution is -2.43. The molecule has 5 aromatic rings. The minimum atomic E-state index is -5.32. The number of benzene rings is 2. The maximum absolute atomic E-state index is 13.5. The second-order valence-electron chi connectivity index (χ2n) is 11.9. The molecule has 0 N–H and O–H groups in total. The number of likely N-dealkylation sites (tertiary alicyclic amines) is 1. The quantitative estimate of drug-likeness (QED) is 0.177. The number of pyridine rings is 1. The zero-order valence-corrected chi connectivity index (χ0v) is 26.2. The number of morpholine rings is 1. The number of imidazole rings is 1. The molecule has 2 saturated heterocycles. The number of nitrogens with zero attached hydrogens (tertiary/aromatic N) is 6. The summed E-state index contributed by atoms with van der Waals surface area (Å²) in [5.74, 6) is -4.56. The summed E-state index contributed by atoms with van der Waals surface area (Å²) in [7, 11) is 0. The number of hydrogen-bond acceptors (Lipinski definition) is 9. The molecule has 11 nitrogen and oxygen atoms in total. The summed E-state index contributed by atoms with van der Waals surface area (Å²) in [6.07, 6.45) is -1.96. The third-order valence-electron chi connectivity index (χ3n) is 8.81. The van der Waals surface area contributed by atoms with Gasteiger partial charge in [0.25, 0.3) is 5.91 Å². The van der Waals surface area contributed by atoms with Gasteiger partial charge in [-0.3, -0.25) is 9.78 Å². The van der Waals surface area contributed by atoms with Crippen LogP contribution in [-0.2, 0) is 31.9 Å². The van der Waals surface area contributed by atoms with E-state index in [2.05, 4.69) is 20.8 Å². The summed E-state index contributed by atoms with van der Waals surface area (Å²) >= 11 is 0. The number of hydrogen-bond donors (Lipinski definition) is 0. The van der Waals surface area contributed by atoms with Gasteiger partial charge in [-0.05, 0) is 56.0 Å². The molecular formula is C35H31F3N6O5. The normalized spacial score (nSPS) is 16.8. The van der Waals surface area contributed by atoms with Gasteiger partial charge in [-0.15, -0.1) is 0 Å². The zero-order valence-electron chi connectivity index (χ0n) is 26.2. The number of carbonyl (C=O) groups is 3. The lowest BCUT2D eigenvalue weighted by molar-refractivity contribution is -0.203. The van der Waals surface area contributed by atoms with Gasteiger partial charge in [0.15, 0.2) is 5.65 Å². The number of aromatic nitrogens is 4. The second kappa shape index (κ2) is 13.3. The highest BCUT2D eigenvalue weighted by molar-refractivity contribution is 5.99. The summed E-state index contributed by atoms with van der Waals surface area (Å²) in [6, 6.07) is 19.3. The molecule has 49 heavy (non-hydrogen) atoms. The van der Waals surface area contributed by atoms with Crippen molar-refractivity contribution in [3.63, 3.8) is 0 Å². The van der Waals surface area contributed by atoms with Crippen molar-refractivity contribution in [1.29, 1.82) is 0 Å². The first kappa shape index (κ1) is 32.2. The minimum absolute atomic E-state index is 0.0855. The van der Waals surface area contributed by atoms with Crippen molar-refractivity contribution < 1.29 is 37.0 Å². The molecule has 2 aliphatic heterocycles. The number of anilines is 1. The Bertz CT molecular complexity index is 2040. The first-order valence-corrected chi connectivity index (χ1v) is 16.0. The average Bonchev–Trinajstić information content (AvgIpc) is 3.76. The lowest BCUT2D eigenvalue weighted by Gasteiger charge is -2.28. The Labute approximate surface area is 278 Å². The second-order valence-corrected chi connectivity index (χ2v) is 11.9. The van der Waals surface area contributed by atoms with Gasteiger partial charge in [-0.2, -0.15) is 18.3 Å². The van der Waals surface area contributed by atoms with E-state index in [4.69, 9.17) is 14.7 Å². The molecule has 0 spiro atoms. The topological polar surface area (TPSA) is 119 Å². The van der Waals surface area contributed by atoms with Crippen molar-refractivity contribution in [2.24, 2.45) is 0 Å². The molecule has 1 atom stereocenters. The number of carbonyl (C=O) groups excluding carboxylic acids is 3. The third-order valence-corrected chi connectivity index (χ3v) is 8.81. The van der Waals surface area contributed by atoms with E-state index in [1.54, 1.807) is 35.0 Å². The Hall–Kier alpha value is -5.37. The predicted octanol–water partition coefficient (Wildman–Crippen LogP) is 4.80. The molecule has 2 fully saturated rings. The molecule has 0 unspecified atom stereocenters. The molecule has 7 rings (SSSR count). The number of alkyl halides is 3. The minimum Gasteiger partial charge on any atom is -0.385 e. The highest BCUT2D eigenvalue weighted by Crippen LogP contribution is 2.31. The summed E-state index contributed by atoms with van der Waals surface area (Å²) in [5.41, 5.74) is 5.95. The fourth-order valence-electron chi connectivity index (χ4n) is 6.40. The van der Waals surface area contributed by atoms with Gasteiger partial charge in [0.2, 0.25) is 0 Å². The Morgan fingerprint density at radius 3 is 2.45 bits per heavy atom. The van der Waals surface area contributed by atoms with Crippen molar-refractivity contribution in [3.8, 4) is 11.3 Å². The van der Waals surface area contributed by atoms with Crippen LogP contribution in [0.25, 0.3) is 27.8 Å². The predicted molar refractivity (Wildman–Crippen MR) is 172 cm³/mol. The smallest absolute Gasteiger partial charge is 0.385 e. The Morgan fingerprint density at radius 1 is 0.898 bits per heavy atom. The van der Waals surface area contributed by atoms with Crippen molar-refractivity contribution in [2.75, 3.05) is 37.7 Å². The molecule has 14 heteroatoms. The molecule has 0 bridgehead atoms. The Balaban J connectivity index is 1.19. The molecule has 5 heterocycles. The summed E-state index contributed by atoms with van der Waals surface area (Å²) in [4.78, 5) is 50.4. The van der Waals surface area contributed by atoms with Crippen LogP contribution in [0.15, 0.2) is 72.9 Å². The van der Waals surface area contributed by atoms with Crippen LogP contribution in [0.5, 0.6) is 0 Å². The monoisotopic (exact) mass is 672 g/mol. The van der Waals surface area contributed by atoms with Crippen molar-refractivity contribution in [1.82, 2.24) is 24.5 Å². The van der Waals surface area contributed by atoms with Gasteiger partial charge < -0.3 is 19.3 Å². The first-order valence-electron chi connectivity index (χ1n) is 16.0. The van der Waals surface area contributed by atoms with Gasteiger partial charge in [0.05, 0.1) is 42.0 Å². The van der Waals surface area contributed by atoms with Crippen LogP contribution in [0.4, 0.5) is 18.9 Å². The van der Waals surface area contributed by atoms with Crippen LogP contribution in [0.2, 0.25) is 0 Å². The number of rotatable bonds is 7. The summed E-state index contributed by atoms with van der Waals surface area (Å²) in [5, 5.41) is 5.72. The van der Waals surface area contributed by atoms with Crippen molar-refractivity contribution >= 4 is 40.1 Å². The maximum atomic E-state index is 13.5. The van der Waals surface area contributed by atoms with E-state index in [-0.39, 0.29) is 18.5 Å². The number of amides is 1. The SMILES string of the molecule is O=C(OC(=O)C(F)(F)F)[C@@H]1CCCN1C(=O)c1ccc(-c2c(CCc3ccc4ccccc4n3)nc3c(N4CCOCC4)ccnn23)cc1. The van der Waals surface area contributed by atoms with Crippen LogP contribution in [0.3, 0.4) is 0 Å². The molecule has 0 aliphatic carbocycles. The van der Waals surface area contributed by atoms with Crippen LogP contribution < -0.4 is 4.90 Å². The molecule has 2 aromatic carbocycles. The molecule has 0 saturated carbocycles. The number of esters is 2. The van der Waals surface area contributed by atoms with E-state index in [0.29, 0.717) is 51.2 Å². The fourth-order valence-corrected chi connectivity index (χ4v) is 6.40. The summed E-state index contributed by atoms with van der Waals surface area (Å²) in [6.45, 7) is 2.77. The number of halogens is 3. The molecule has 0 radical (unpaired) electrons. The molecular weight excluding hydrogens is 641 g/mol. The number of para-hydroxylation sites is 1. The van der Waals surface area contributed by atoms with Gasteiger partial charge in [-0.25, -0.2) is 19.1 Å². The highest BCUT2D eigenvalue weighted by Gasteiger charge is 2.45. The average molecular weight is 673 g/mol. The van der Waals surface area contributed by atoms with E-state index in [1.807, 2.05) is 36.4 Å². The number of ether oxygens (including phenoxy) is 2.